The number of thiocarbonyl (C=S) groups is 1. The molecule has 2 aromatic carbocycles. The molecule has 0 spiro atoms. The van der Waals surface area contributed by atoms with E-state index in [0.29, 0.717) is 18.2 Å². The molecular weight excluding hydrogens is 394 g/mol. The lowest BCUT2D eigenvalue weighted by Crippen LogP contribution is -3.12. The summed E-state index contributed by atoms with van der Waals surface area (Å²) in [5.74, 6) is 1.57. The Morgan fingerprint density at radius 2 is 1.86 bits per heavy atom. The Hall–Kier alpha value is -2.02. The van der Waals surface area contributed by atoms with Crippen molar-refractivity contribution in [3.8, 4) is 11.5 Å². The Labute approximate surface area is 177 Å². The Morgan fingerprint density at radius 1 is 1.11 bits per heavy atom. The van der Waals surface area contributed by atoms with E-state index < -0.39 is 0 Å². The quantitative estimate of drug-likeness (QED) is 0.573. The molecule has 28 heavy (non-hydrogen) atoms. The molecule has 5 nitrogen and oxygen atoms in total. The van der Waals surface area contributed by atoms with Crippen LogP contribution in [0, 0.1) is 0 Å². The molecule has 3 N–H and O–H groups in total. The van der Waals surface area contributed by atoms with E-state index >= 15 is 0 Å². The topological polar surface area (TPSA) is 47.0 Å². The van der Waals surface area contributed by atoms with Gasteiger partial charge in [-0.05, 0) is 49.8 Å². The summed E-state index contributed by atoms with van der Waals surface area (Å²) in [4.78, 5) is 1.46. The van der Waals surface area contributed by atoms with Crippen LogP contribution in [0.25, 0.3) is 0 Å². The second-order valence-corrected chi connectivity index (χ2v) is 7.51. The van der Waals surface area contributed by atoms with Crippen molar-refractivity contribution in [2.24, 2.45) is 0 Å². The highest BCUT2D eigenvalue weighted by Crippen LogP contribution is 2.32. The number of halogens is 1. The molecule has 1 atom stereocenters. The van der Waals surface area contributed by atoms with Crippen molar-refractivity contribution in [3.05, 3.63) is 58.6 Å². The van der Waals surface area contributed by atoms with Gasteiger partial charge in [-0.1, -0.05) is 35.9 Å². The molecule has 1 heterocycles. The van der Waals surface area contributed by atoms with Crippen LogP contribution in [0.15, 0.2) is 42.5 Å². The molecule has 2 aromatic rings. The first-order valence-electron chi connectivity index (χ1n) is 9.61. The minimum absolute atomic E-state index is 0.231. The number of fused-ring (bicyclic) bond motifs is 1. The van der Waals surface area contributed by atoms with E-state index in [9.17, 15) is 0 Å². The van der Waals surface area contributed by atoms with Crippen LogP contribution < -0.4 is 25.0 Å². The van der Waals surface area contributed by atoms with E-state index in [1.54, 1.807) is 0 Å². The lowest BCUT2D eigenvalue weighted by Gasteiger charge is -2.28. The van der Waals surface area contributed by atoms with Crippen LogP contribution in [0.3, 0.4) is 0 Å². The van der Waals surface area contributed by atoms with Crippen molar-refractivity contribution in [1.82, 2.24) is 10.6 Å². The summed E-state index contributed by atoms with van der Waals surface area (Å²) < 4.78 is 10.8. The number of nitrogens with one attached hydrogen (secondary N) is 3. The molecule has 7 heteroatoms. The van der Waals surface area contributed by atoms with Crippen LogP contribution in [0.4, 0.5) is 0 Å². The van der Waals surface area contributed by atoms with Crippen LogP contribution in [0.1, 0.15) is 31.0 Å². The van der Waals surface area contributed by atoms with Gasteiger partial charge >= 0.3 is 0 Å². The zero-order valence-corrected chi connectivity index (χ0v) is 17.8. The first-order chi connectivity index (χ1) is 13.6. The third-order valence-electron chi connectivity index (χ3n) is 5.04. The zero-order chi connectivity index (χ0) is 19.9. The van der Waals surface area contributed by atoms with Gasteiger partial charge in [0.15, 0.2) is 16.6 Å². The maximum Gasteiger partial charge on any atom is 0.231 e. The fourth-order valence-corrected chi connectivity index (χ4v) is 3.89. The van der Waals surface area contributed by atoms with Crippen molar-refractivity contribution in [2.75, 3.05) is 26.4 Å². The molecule has 0 saturated heterocycles. The SMILES string of the molecule is CC[NH+](CC)[C@@H](CNC(=S)NCc1ccc2c(c1)OCO2)c1ccccc1Cl. The van der Waals surface area contributed by atoms with Gasteiger partial charge in [-0.3, -0.25) is 0 Å². The van der Waals surface area contributed by atoms with Crippen LogP contribution in [0.5, 0.6) is 11.5 Å². The summed E-state index contributed by atoms with van der Waals surface area (Å²) in [7, 11) is 0. The van der Waals surface area contributed by atoms with Gasteiger partial charge in [-0.25, -0.2) is 0 Å². The fraction of sp³-hybridized carbons (Fsp3) is 0.381. The van der Waals surface area contributed by atoms with Crippen molar-refractivity contribution in [3.63, 3.8) is 0 Å². The number of likely N-dealkylation sites (N-methyl/N-ethyl adjacent to an activating group) is 1. The smallest absolute Gasteiger partial charge is 0.231 e. The Bertz CT molecular complexity index is 814. The summed E-state index contributed by atoms with van der Waals surface area (Å²) in [6.45, 7) is 8.04. The van der Waals surface area contributed by atoms with E-state index in [2.05, 4.69) is 30.5 Å². The van der Waals surface area contributed by atoms with Crippen molar-refractivity contribution < 1.29 is 14.4 Å². The third-order valence-corrected chi connectivity index (χ3v) is 5.67. The summed E-state index contributed by atoms with van der Waals surface area (Å²) in [6, 6.07) is 14.2. The summed E-state index contributed by atoms with van der Waals surface area (Å²) >= 11 is 12.0. The van der Waals surface area contributed by atoms with Crippen LogP contribution >= 0.6 is 23.8 Å². The molecule has 1 aliphatic rings. The van der Waals surface area contributed by atoms with E-state index in [-0.39, 0.29) is 12.8 Å². The van der Waals surface area contributed by atoms with Crippen molar-refractivity contribution >= 4 is 28.9 Å². The van der Waals surface area contributed by atoms with Crippen molar-refractivity contribution in [2.45, 2.75) is 26.4 Å². The van der Waals surface area contributed by atoms with Gasteiger partial charge in [0, 0.05) is 17.1 Å². The minimum atomic E-state index is 0.231. The average molecular weight is 421 g/mol. The largest absolute Gasteiger partial charge is 0.454 e. The zero-order valence-electron chi connectivity index (χ0n) is 16.3. The molecule has 1 aliphatic heterocycles. The van der Waals surface area contributed by atoms with Gasteiger partial charge in [-0.15, -0.1) is 0 Å². The second-order valence-electron chi connectivity index (χ2n) is 6.69. The molecule has 0 fully saturated rings. The highest BCUT2D eigenvalue weighted by atomic mass is 35.5. The predicted octanol–water partition coefficient (Wildman–Crippen LogP) is 2.70. The average Bonchev–Trinajstić information content (AvgIpc) is 3.18. The summed E-state index contributed by atoms with van der Waals surface area (Å²) in [6.07, 6.45) is 0. The Kier molecular flexibility index (Phi) is 7.36. The third kappa shape index (κ3) is 5.07. The number of ether oxygens (including phenoxy) is 2. The maximum atomic E-state index is 6.47. The number of rotatable bonds is 8. The van der Waals surface area contributed by atoms with E-state index in [4.69, 9.17) is 33.3 Å². The van der Waals surface area contributed by atoms with E-state index in [1.165, 1.54) is 4.90 Å². The molecule has 0 amide bonds. The predicted molar refractivity (Wildman–Crippen MR) is 116 cm³/mol. The second kappa shape index (κ2) is 9.96. The molecular formula is C21H27ClN3O2S+. The van der Waals surface area contributed by atoms with Crippen LogP contribution in [-0.2, 0) is 6.54 Å². The van der Waals surface area contributed by atoms with E-state index in [1.807, 2.05) is 36.4 Å². The van der Waals surface area contributed by atoms with Gasteiger partial charge in [0.2, 0.25) is 6.79 Å². The van der Waals surface area contributed by atoms with E-state index in [0.717, 1.165) is 40.7 Å². The summed E-state index contributed by atoms with van der Waals surface area (Å²) in [5, 5.41) is 8.06. The highest BCUT2D eigenvalue weighted by Gasteiger charge is 2.24. The molecule has 0 aromatic heterocycles. The molecule has 150 valence electrons. The number of hydrogen-bond donors (Lipinski definition) is 3. The molecule has 0 aliphatic carbocycles. The monoisotopic (exact) mass is 420 g/mol. The summed E-state index contributed by atoms with van der Waals surface area (Å²) in [5.41, 5.74) is 2.24. The van der Waals surface area contributed by atoms with Crippen LogP contribution in [-0.4, -0.2) is 31.5 Å². The number of benzene rings is 2. The lowest BCUT2D eigenvalue weighted by molar-refractivity contribution is -0.927. The van der Waals surface area contributed by atoms with Gasteiger partial charge in [0.25, 0.3) is 0 Å². The highest BCUT2D eigenvalue weighted by molar-refractivity contribution is 7.80. The first kappa shape index (κ1) is 20.7. The van der Waals surface area contributed by atoms with Crippen LogP contribution in [0.2, 0.25) is 5.02 Å². The molecule has 0 radical (unpaired) electrons. The Balaban J connectivity index is 1.58. The first-order valence-corrected chi connectivity index (χ1v) is 10.4. The van der Waals surface area contributed by atoms with Gasteiger partial charge in [0.1, 0.15) is 6.04 Å². The maximum absolute atomic E-state index is 6.47. The van der Waals surface area contributed by atoms with Gasteiger partial charge in [0.05, 0.1) is 19.6 Å². The van der Waals surface area contributed by atoms with Gasteiger partial charge in [-0.2, -0.15) is 0 Å². The number of hydrogen-bond acceptors (Lipinski definition) is 3. The molecule has 0 unspecified atom stereocenters. The van der Waals surface area contributed by atoms with Crippen molar-refractivity contribution in [1.29, 1.82) is 0 Å². The standard InChI is InChI=1S/C21H26ClN3O2S/c1-3-25(4-2)18(16-7-5-6-8-17(16)22)13-24-21(28)23-12-15-9-10-19-20(11-15)27-14-26-19/h5-11,18H,3-4,12-14H2,1-2H3,(H2,23,24,28)/p+1/t18-/m0/s1. The molecule has 0 saturated carbocycles. The normalized spacial score (nSPS) is 13.4. The molecule has 0 bridgehead atoms. The lowest BCUT2D eigenvalue weighted by atomic mass is 10.0. The van der Waals surface area contributed by atoms with Gasteiger partial charge < -0.3 is 25.0 Å². The minimum Gasteiger partial charge on any atom is -0.454 e. The molecule has 3 rings (SSSR count). The Morgan fingerprint density at radius 3 is 2.61 bits per heavy atom. The fourth-order valence-electron chi connectivity index (χ4n) is 3.47. The number of quaternary nitrogens is 1.